The van der Waals surface area contributed by atoms with Crippen LogP contribution in [-0.2, 0) is 4.79 Å². The fourth-order valence-electron chi connectivity index (χ4n) is 2.30. The van der Waals surface area contributed by atoms with E-state index in [1.165, 1.54) is 10.5 Å². The molecule has 1 aliphatic heterocycles. The van der Waals surface area contributed by atoms with Crippen LogP contribution in [0.1, 0.15) is 11.1 Å². The number of carbonyl (C=O) groups excluding carboxylic acids is 1. The van der Waals surface area contributed by atoms with Gasteiger partial charge in [0.05, 0.1) is 10.5 Å². The molecule has 122 valence electrons. The molecule has 8 heteroatoms. The number of thiocarbonyl (C=S) groups is 1. The number of hydrogen-bond donors (Lipinski definition) is 2. The molecule has 3 heterocycles. The number of carbonyl (C=O) groups is 1. The van der Waals surface area contributed by atoms with Gasteiger partial charge in [0.1, 0.15) is 15.8 Å². The first-order valence-corrected chi connectivity index (χ1v) is 8.35. The second kappa shape index (κ2) is 6.58. The highest BCUT2D eigenvalue weighted by Gasteiger charge is 2.23. The van der Waals surface area contributed by atoms with Crippen molar-refractivity contribution >= 4 is 51.7 Å². The maximum atomic E-state index is 12.9. The van der Waals surface area contributed by atoms with Gasteiger partial charge in [-0.2, -0.15) is 0 Å². The van der Waals surface area contributed by atoms with Crippen molar-refractivity contribution in [3.63, 3.8) is 0 Å². The van der Waals surface area contributed by atoms with Crippen LogP contribution in [0.2, 0.25) is 0 Å². The monoisotopic (exact) mass is 358 g/mol. The van der Waals surface area contributed by atoms with Gasteiger partial charge in [0.15, 0.2) is 0 Å². The van der Waals surface area contributed by atoms with Gasteiger partial charge in [-0.15, -0.1) is 6.58 Å². The molecule has 1 amide bonds. The van der Waals surface area contributed by atoms with Crippen molar-refractivity contribution in [1.29, 1.82) is 0 Å². The van der Waals surface area contributed by atoms with Gasteiger partial charge in [-0.05, 0) is 24.6 Å². The molecule has 2 N–H and O–H groups in total. The quantitative estimate of drug-likeness (QED) is 0.495. The maximum absolute atomic E-state index is 12.9. The first-order valence-electron chi connectivity index (χ1n) is 7.13. The first kappa shape index (κ1) is 16.4. The van der Waals surface area contributed by atoms with Crippen molar-refractivity contribution in [1.82, 2.24) is 14.7 Å². The van der Waals surface area contributed by atoms with E-state index in [9.17, 15) is 9.59 Å². The van der Waals surface area contributed by atoms with Gasteiger partial charge in [0.2, 0.25) is 0 Å². The fraction of sp³-hybridized carbons (Fsp3) is 0.125. The number of aromatic nitrogens is 2. The van der Waals surface area contributed by atoms with E-state index in [0.717, 1.165) is 17.3 Å². The summed E-state index contributed by atoms with van der Waals surface area (Å²) in [4.78, 5) is 29.7. The lowest BCUT2D eigenvalue weighted by atomic mass is 10.2. The van der Waals surface area contributed by atoms with E-state index in [-0.39, 0.29) is 11.5 Å². The largest absolute Gasteiger partial charge is 0.366 e. The van der Waals surface area contributed by atoms with Crippen molar-refractivity contribution < 1.29 is 4.79 Å². The lowest BCUT2D eigenvalue weighted by Crippen LogP contribution is -2.22. The van der Waals surface area contributed by atoms with Crippen molar-refractivity contribution in [2.24, 2.45) is 0 Å². The first-order chi connectivity index (χ1) is 11.5. The molecule has 24 heavy (non-hydrogen) atoms. The molecular formula is C16H14N4O2S2. The molecule has 0 aromatic carbocycles. The number of anilines is 1. The average molecular weight is 358 g/mol. The summed E-state index contributed by atoms with van der Waals surface area (Å²) in [5, 5.41) is 5.60. The molecule has 0 saturated carbocycles. The molecule has 0 unspecified atom stereocenters. The lowest BCUT2D eigenvalue weighted by molar-refractivity contribution is -0.115. The highest BCUT2D eigenvalue weighted by atomic mass is 32.2. The molecule has 3 rings (SSSR count). The lowest BCUT2D eigenvalue weighted by Gasteiger charge is -2.11. The van der Waals surface area contributed by atoms with Crippen LogP contribution in [0, 0.1) is 6.92 Å². The topological polar surface area (TPSA) is 75.5 Å². The Labute approximate surface area is 147 Å². The summed E-state index contributed by atoms with van der Waals surface area (Å²) in [5.74, 6) is 0.0985. The van der Waals surface area contributed by atoms with Gasteiger partial charge in [0.25, 0.3) is 11.5 Å². The maximum Gasteiger partial charge on any atom is 0.267 e. The molecule has 0 aliphatic carbocycles. The van der Waals surface area contributed by atoms with E-state index in [0.29, 0.717) is 32.8 Å². The van der Waals surface area contributed by atoms with E-state index < -0.39 is 0 Å². The van der Waals surface area contributed by atoms with E-state index >= 15 is 0 Å². The highest BCUT2D eigenvalue weighted by Crippen LogP contribution is 2.27. The van der Waals surface area contributed by atoms with Gasteiger partial charge in [-0.25, -0.2) is 4.98 Å². The minimum Gasteiger partial charge on any atom is -0.366 e. The van der Waals surface area contributed by atoms with Crippen LogP contribution in [0.15, 0.2) is 40.7 Å². The predicted octanol–water partition coefficient (Wildman–Crippen LogP) is 2.09. The summed E-state index contributed by atoms with van der Waals surface area (Å²) in [6.07, 6.45) is 4.85. The van der Waals surface area contributed by atoms with E-state index in [1.807, 2.05) is 13.0 Å². The van der Waals surface area contributed by atoms with Crippen molar-refractivity contribution in [3.8, 4) is 0 Å². The molecule has 1 fully saturated rings. The normalized spacial score (nSPS) is 15.8. The van der Waals surface area contributed by atoms with Crippen LogP contribution in [-0.4, -0.2) is 26.2 Å². The minimum absolute atomic E-state index is 0.256. The Balaban J connectivity index is 2.24. The van der Waals surface area contributed by atoms with Gasteiger partial charge in [0, 0.05) is 12.7 Å². The average Bonchev–Trinajstić information content (AvgIpc) is 2.87. The van der Waals surface area contributed by atoms with Gasteiger partial charge in [-0.3, -0.25) is 14.0 Å². The van der Waals surface area contributed by atoms with Crippen LogP contribution >= 0.6 is 24.0 Å². The van der Waals surface area contributed by atoms with E-state index in [1.54, 1.807) is 18.3 Å². The smallest absolute Gasteiger partial charge is 0.267 e. The molecule has 0 radical (unpaired) electrons. The number of nitrogens with zero attached hydrogens (tertiary/aromatic N) is 2. The summed E-state index contributed by atoms with van der Waals surface area (Å²) in [6.45, 7) is 5.99. The molecule has 0 bridgehead atoms. The number of aryl methyl sites for hydroxylation is 1. The summed E-state index contributed by atoms with van der Waals surface area (Å²) in [7, 11) is 0. The zero-order chi connectivity index (χ0) is 17.3. The summed E-state index contributed by atoms with van der Waals surface area (Å²) < 4.78 is 1.84. The summed E-state index contributed by atoms with van der Waals surface area (Å²) >= 11 is 6.11. The van der Waals surface area contributed by atoms with Gasteiger partial charge >= 0.3 is 0 Å². The van der Waals surface area contributed by atoms with Crippen LogP contribution in [0.5, 0.6) is 0 Å². The Hall–Kier alpha value is -2.45. The van der Waals surface area contributed by atoms with Crippen molar-refractivity contribution in [2.75, 3.05) is 11.9 Å². The number of amides is 1. The predicted molar refractivity (Wildman–Crippen MR) is 101 cm³/mol. The van der Waals surface area contributed by atoms with Gasteiger partial charge in [-0.1, -0.05) is 36.1 Å². The molecule has 0 atom stereocenters. The number of rotatable bonds is 4. The molecule has 0 spiro atoms. The second-order valence-corrected chi connectivity index (χ2v) is 6.80. The highest BCUT2D eigenvalue weighted by molar-refractivity contribution is 8.26. The van der Waals surface area contributed by atoms with E-state index in [2.05, 4.69) is 22.2 Å². The van der Waals surface area contributed by atoms with Gasteiger partial charge < -0.3 is 10.6 Å². The minimum atomic E-state index is -0.312. The Kier molecular flexibility index (Phi) is 4.50. The Bertz CT molecular complexity index is 962. The number of hydrogen-bond acceptors (Lipinski definition) is 6. The Morgan fingerprint density at radius 1 is 1.50 bits per heavy atom. The molecule has 1 aliphatic rings. The number of thioether (sulfide) groups is 1. The van der Waals surface area contributed by atoms with Crippen molar-refractivity contribution in [2.45, 2.75) is 6.92 Å². The van der Waals surface area contributed by atoms with Crippen molar-refractivity contribution in [3.05, 3.63) is 57.4 Å². The third kappa shape index (κ3) is 2.98. The number of pyridine rings is 1. The molecule has 2 aromatic heterocycles. The van der Waals surface area contributed by atoms with Crippen LogP contribution in [0.3, 0.4) is 0 Å². The second-order valence-electron chi connectivity index (χ2n) is 5.09. The van der Waals surface area contributed by atoms with E-state index in [4.69, 9.17) is 12.2 Å². The zero-order valence-electron chi connectivity index (χ0n) is 12.8. The Morgan fingerprint density at radius 2 is 2.29 bits per heavy atom. The third-order valence-corrected chi connectivity index (χ3v) is 4.58. The fourth-order valence-corrected chi connectivity index (χ4v) is 3.32. The zero-order valence-corrected chi connectivity index (χ0v) is 14.5. The number of nitrogens with one attached hydrogen (secondary N) is 2. The molecule has 6 nitrogen and oxygen atoms in total. The standard InChI is InChI=1S/C16H14N4O2S2/c1-3-6-17-12-10(8-11-14(21)19-16(23)24-11)15(22)20-7-4-5-9(2)13(20)18-12/h3-5,7-8,17H,1,6H2,2H3,(H,19,21,23). The molecule has 1 saturated heterocycles. The SMILES string of the molecule is C=CCNc1nc2c(C)cccn2c(=O)c1C=C1SC(=S)NC1=O. The Morgan fingerprint density at radius 3 is 2.96 bits per heavy atom. The molecular weight excluding hydrogens is 344 g/mol. The number of fused-ring (bicyclic) bond motifs is 1. The van der Waals surface area contributed by atoms with Crippen LogP contribution in [0.25, 0.3) is 11.7 Å². The molecule has 2 aromatic rings. The third-order valence-electron chi connectivity index (χ3n) is 3.42. The van der Waals surface area contributed by atoms with Crippen LogP contribution in [0.4, 0.5) is 5.82 Å². The van der Waals surface area contributed by atoms with Crippen LogP contribution < -0.4 is 16.2 Å². The summed E-state index contributed by atoms with van der Waals surface area (Å²) in [6, 6.07) is 3.67. The summed E-state index contributed by atoms with van der Waals surface area (Å²) in [5.41, 5.74) is 1.50.